The molecule has 3 aromatic heterocycles. The van der Waals surface area contributed by atoms with Crippen molar-refractivity contribution in [2.75, 3.05) is 17.3 Å². The van der Waals surface area contributed by atoms with Gasteiger partial charge in [-0.2, -0.15) is 0 Å². The van der Waals surface area contributed by atoms with Crippen LogP contribution >= 0.6 is 112 Å². The van der Waals surface area contributed by atoms with Crippen molar-refractivity contribution in [2.24, 2.45) is 0 Å². The summed E-state index contributed by atoms with van der Waals surface area (Å²) < 4.78 is 171. The number of hydrogen-bond donors (Lipinski definition) is 0. The molecule has 0 N–H and O–H groups in total. The molecule has 0 bridgehead atoms. The van der Waals surface area contributed by atoms with Gasteiger partial charge in [0.15, 0.2) is 15.1 Å². The summed E-state index contributed by atoms with van der Waals surface area (Å²) in [5.41, 5.74) is 0. The second-order valence-corrected chi connectivity index (χ2v) is 30.5. The van der Waals surface area contributed by atoms with Crippen molar-refractivity contribution in [1.82, 2.24) is 15.0 Å². The lowest BCUT2D eigenvalue weighted by Crippen LogP contribution is -2.26. The quantitative estimate of drug-likeness (QED) is 0.0457. The first-order valence-corrected chi connectivity index (χ1v) is 31.5. The maximum Gasteiger partial charge on any atom is 0.202 e. The lowest BCUT2D eigenvalue weighted by atomic mass is 10.1. The van der Waals surface area contributed by atoms with Crippen molar-refractivity contribution in [3.8, 4) is 0 Å². The van der Waals surface area contributed by atoms with E-state index < -0.39 is 78.0 Å². The van der Waals surface area contributed by atoms with Gasteiger partial charge in [-0.1, -0.05) is 111 Å². The van der Waals surface area contributed by atoms with Crippen LogP contribution in [0, 0.1) is 0 Å². The van der Waals surface area contributed by atoms with Gasteiger partial charge in [0.2, 0.25) is 29.5 Å². The highest BCUT2D eigenvalue weighted by atomic mass is 79.9. The molecule has 24 heteroatoms. The number of nitrogens with zero attached hydrogens (tertiary/aromatic N) is 3. The minimum absolute atomic E-state index is 0.135. The Morgan fingerprint density at radius 3 is 0.862 bits per heavy atom. The van der Waals surface area contributed by atoms with Crippen molar-refractivity contribution in [3.05, 3.63) is 68.4 Å². The standard InChI is InChI=1S/C17H27BrClF4NS.C13H19BrClF4NS.C11H15BrClF4NS/c1-2-3-4-5-6-7-8-9-10-16(19)14-25(20,21,22,23)17-12-11-15(18)13-24-17;1-2-3-4-5-6-12(15)10-21(16,17,18,19)13-8-7-11(14)9-20-13;1-2-3-4-10(13)8-19(14,15,16,17)11-6-5-9(12)7-18-11/h11-13,16H,2-10,14H2,1H3;7-9,12H,2-6,10H2,1H3;5-7,10H,2-4,8H2,1H3. The van der Waals surface area contributed by atoms with Gasteiger partial charge in [-0.25, -0.2) is 15.0 Å². The fraction of sp³-hybridized carbons (Fsp3) is 0.634. The number of halogens is 18. The van der Waals surface area contributed by atoms with Crippen molar-refractivity contribution in [2.45, 2.75) is 161 Å². The number of unbranched alkanes of at least 4 members (excludes halogenated alkanes) is 11. The van der Waals surface area contributed by atoms with E-state index in [4.69, 9.17) is 34.8 Å². The minimum Gasteiger partial charge on any atom is -0.242 e. The molecule has 384 valence electrons. The van der Waals surface area contributed by atoms with Gasteiger partial charge < -0.3 is 0 Å². The molecule has 3 heterocycles. The summed E-state index contributed by atoms with van der Waals surface area (Å²) in [6, 6.07) is 5.37. The molecule has 3 atom stereocenters. The second-order valence-electron chi connectivity index (χ2n) is 16.2. The van der Waals surface area contributed by atoms with Gasteiger partial charge in [-0.3, -0.25) is 0 Å². The molecule has 0 aliphatic heterocycles. The molecule has 0 aliphatic carbocycles. The van der Waals surface area contributed by atoms with Gasteiger partial charge in [-0.15, -0.1) is 81.4 Å². The van der Waals surface area contributed by atoms with Crippen molar-refractivity contribution in [1.29, 1.82) is 0 Å². The third kappa shape index (κ3) is 24.1. The fourth-order valence-electron chi connectivity index (χ4n) is 6.21. The first-order valence-electron chi connectivity index (χ1n) is 21.2. The number of pyridine rings is 3. The Labute approximate surface area is 417 Å². The van der Waals surface area contributed by atoms with Crippen LogP contribution in [0.2, 0.25) is 0 Å². The molecule has 0 saturated carbocycles. The Kier molecular flexibility index (Phi) is 22.7. The molecule has 3 nitrogen and oxygen atoms in total. The highest BCUT2D eigenvalue weighted by Gasteiger charge is 2.68. The van der Waals surface area contributed by atoms with Crippen LogP contribution in [0.1, 0.15) is 130 Å². The average Bonchev–Trinajstić information content (AvgIpc) is 3.16. The number of aromatic nitrogens is 3. The first-order chi connectivity index (χ1) is 29.4. The average molecular weight is 1270 g/mol. The topological polar surface area (TPSA) is 38.7 Å². The Morgan fingerprint density at radius 2 is 0.615 bits per heavy atom. The molecule has 0 fully saturated rings. The van der Waals surface area contributed by atoms with Gasteiger partial charge in [0, 0.05) is 48.1 Å². The number of alkyl halides is 3. The molecule has 3 rings (SSSR count). The van der Waals surface area contributed by atoms with Crippen LogP contribution in [-0.4, -0.2) is 48.3 Å². The molecule has 65 heavy (non-hydrogen) atoms. The van der Waals surface area contributed by atoms with Crippen molar-refractivity contribution in [3.63, 3.8) is 0 Å². The van der Waals surface area contributed by atoms with E-state index in [0.717, 1.165) is 81.7 Å². The van der Waals surface area contributed by atoms with E-state index >= 15 is 0 Å². The van der Waals surface area contributed by atoms with E-state index in [0.29, 0.717) is 57.3 Å². The molecule has 3 aromatic rings. The molecular formula is C41H61Br3Cl3F12N3S3. The van der Waals surface area contributed by atoms with E-state index in [2.05, 4.69) is 69.7 Å². The van der Waals surface area contributed by atoms with Crippen molar-refractivity contribution >= 4 is 112 Å². The molecule has 0 amide bonds. The van der Waals surface area contributed by atoms with Crippen LogP contribution in [0.3, 0.4) is 0 Å². The van der Waals surface area contributed by atoms with Crippen LogP contribution in [0.5, 0.6) is 0 Å². The normalized spacial score (nSPS) is 16.9. The van der Waals surface area contributed by atoms with Crippen LogP contribution in [0.4, 0.5) is 46.6 Å². The van der Waals surface area contributed by atoms with E-state index in [1.54, 1.807) is 0 Å². The fourth-order valence-corrected chi connectivity index (χ4v) is 14.8. The van der Waals surface area contributed by atoms with Crippen molar-refractivity contribution < 1.29 is 46.6 Å². The Balaban J connectivity index is 0.000000492. The van der Waals surface area contributed by atoms with E-state index in [-0.39, 0.29) is 19.3 Å². The SMILES string of the molecule is CCCCC(Cl)CS(F)(F)(F)(F)c1ccc(Br)cn1.CCCCCCC(Cl)CS(F)(F)(F)(F)c1ccc(Br)cn1.CCCCCCCCCCC(Cl)CS(F)(F)(F)(F)c1ccc(Br)cn1. The van der Waals surface area contributed by atoms with Gasteiger partial charge in [0.05, 0.1) is 17.3 Å². The summed E-state index contributed by atoms with van der Waals surface area (Å²) in [6.07, 6.45) is 16.1. The van der Waals surface area contributed by atoms with E-state index in [1.807, 2.05) is 13.8 Å². The monoisotopic (exact) mass is 1260 g/mol. The van der Waals surface area contributed by atoms with Gasteiger partial charge >= 0.3 is 0 Å². The zero-order valence-electron chi connectivity index (χ0n) is 36.4. The first kappa shape index (κ1) is 63.0. The van der Waals surface area contributed by atoms with Crippen LogP contribution in [0.15, 0.2) is 83.5 Å². The molecule has 0 radical (unpaired) electrons. The second kappa shape index (κ2) is 23.5. The number of hydrogen-bond acceptors (Lipinski definition) is 3. The predicted molar refractivity (Wildman–Crippen MR) is 266 cm³/mol. The third-order valence-electron chi connectivity index (χ3n) is 9.65. The highest BCUT2D eigenvalue weighted by molar-refractivity contribution is 9.11. The van der Waals surface area contributed by atoms with Gasteiger partial charge in [0.1, 0.15) is 0 Å². The highest BCUT2D eigenvalue weighted by Crippen LogP contribution is 3.02. The maximum atomic E-state index is 14.3. The summed E-state index contributed by atoms with van der Waals surface area (Å²) in [5.74, 6) is -4.91. The summed E-state index contributed by atoms with van der Waals surface area (Å²) in [6.45, 7) is 5.99. The zero-order chi connectivity index (χ0) is 50.0. The van der Waals surface area contributed by atoms with Crippen LogP contribution < -0.4 is 0 Å². The summed E-state index contributed by atoms with van der Waals surface area (Å²) in [5, 5.41) is -8.18. The Hall–Kier alpha value is -0.0300. The number of rotatable bonds is 26. The summed E-state index contributed by atoms with van der Waals surface area (Å²) in [4.78, 5) is 9.62. The van der Waals surface area contributed by atoms with E-state index in [1.165, 1.54) is 19.3 Å². The smallest absolute Gasteiger partial charge is 0.202 e. The molecule has 0 aliphatic rings. The largest absolute Gasteiger partial charge is 0.242 e. The molecule has 0 spiro atoms. The van der Waals surface area contributed by atoms with Gasteiger partial charge in [-0.05, 0) is 103 Å². The summed E-state index contributed by atoms with van der Waals surface area (Å²) >= 11 is 26.2. The third-order valence-corrected chi connectivity index (χ3v) is 19.5. The molecule has 3 unspecified atom stereocenters. The Bertz CT molecular complexity index is 1900. The minimum atomic E-state index is -8.45. The lowest BCUT2D eigenvalue weighted by Gasteiger charge is -2.49. The molecular weight excluding hydrogens is 1200 g/mol. The maximum absolute atomic E-state index is 14.3. The Morgan fingerprint density at radius 1 is 0.385 bits per heavy atom. The summed E-state index contributed by atoms with van der Waals surface area (Å²) in [7, 11) is -25.3. The predicted octanol–water partition coefficient (Wildman–Crippen LogP) is 22.4. The van der Waals surface area contributed by atoms with E-state index in [9.17, 15) is 46.6 Å². The molecule has 0 aromatic carbocycles. The van der Waals surface area contributed by atoms with Crippen LogP contribution in [-0.2, 0) is 0 Å². The zero-order valence-corrected chi connectivity index (χ0v) is 45.9. The molecule has 0 saturated heterocycles. The lowest BCUT2D eigenvalue weighted by molar-refractivity contribution is 0.429. The van der Waals surface area contributed by atoms with Crippen LogP contribution in [0.25, 0.3) is 0 Å². The van der Waals surface area contributed by atoms with Gasteiger partial charge in [0.25, 0.3) is 0 Å².